The van der Waals surface area contributed by atoms with Crippen LogP contribution in [0, 0.1) is 5.92 Å². The predicted molar refractivity (Wildman–Crippen MR) is 58.6 cm³/mol. The van der Waals surface area contributed by atoms with Crippen LogP contribution in [0.2, 0.25) is 0 Å². The van der Waals surface area contributed by atoms with Gasteiger partial charge in [0, 0.05) is 12.1 Å². The van der Waals surface area contributed by atoms with Crippen LogP contribution in [-0.4, -0.2) is 0 Å². The van der Waals surface area contributed by atoms with E-state index in [1.807, 2.05) is 7.05 Å². The predicted octanol–water partition coefficient (Wildman–Crippen LogP) is 2.71. The van der Waals surface area contributed by atoms with E-state index in [1.54, 1.807) is 0 Å². The number of pyridine rings is 1. The summed E-state index contributed by atoms with van der Waals surface area (Å²) < 4.78 is 2.06. The average Bonchev–Trinajstić information content (AvgIpc) is 2.70. The molecule has 74 valence electrons. The number of rotatable bonds is 2. The maximum atomic E-state index is 2.38. The van der Waals surface area contributed by atoms with Crippen LogP contribution in [0.25, 0.3) is 6.08 Å². The zero-order chi connectivity index (χ0) is 9.80. The molecule has 0 amide bonds. The molecule has 14 heavy (non-hydrogen) atoms. The molecule has 0 bridgehead atoms. The summed E-state index contributed by atoms with van der Waals surface area (Å²) in [7, 11) is 2.05. The Labute approximate surface area is 86.1 Å². The molecule has 0 aromatic carbocycles. The van der Waals surface area contributed by atoms with Gasteiger partial charge in [0.1, 0.15) is 7.05 Å². The molecule has 1 saturated carbocycles. The van der Waals surface area contributed by atoms with E-state index in [-0.39, 0.29) is 0 Å². The molecule has 1 aliphatic rings. The molecule has 1 aromatic heterocycles. The first-order valence-electron chi connectivity index (χ1n) is 5.48. The minimum absolute atomic E-state index is 0.837. The van der Waals surface area contributed by atoms with Crippen LogP contribution < -0.4 is 4.57 Å². The molecule has 1 heteroatoms. The number of hydrogen-bond acceptors (Lipinski definition) is 0. The second-order valence-electron chi connectivity index (χ2n) is 4.20. The molecule has 1 nitrogen and oxygen atoms in total. The average molecular weight is 188 g/mol. The highest BCUT2D eigenvalue weighted by molar-refractivity contribution is 5.47. The molecule has 0 aliphatic heterocycles. The lowest BCUT2D eigenvalue weighted by atomic mass is 10.1. The zero-order valence-corrected chi connectivity index (χ0v) is 8.82. The van der Waals surface area contributed by atoms with E-state index in [0.29, 0.717) is 0 Å². The van der Waals surface area contributed by atoms with Crippen molar-refractivity contribution < 1.29 is 4.57 Å². The van der Waals surface area contributed by atoms with Crippen LogP contribution in [0.1, 0.15) is 31.2 Å². The van der Waals surface area contributed by atoms with Crippen LogP contribution in [-0.2, 0) is 7.05 Å². The van der Waals surface area contributed by atoms with Crippen LogP contribution in [0.15, 0.2) is 30.6 Å². The van der Waals surface area contributed by atoms with E-state index in [0.717, 1.165) is 5.92 Å². The third kappa shape index (κ3) is 2.44. The van der Waals surface area contributed by atoms with Crippen molar-refractivity contribution in [3.05, 3.63) is 36.2 Å². The number of aryl methyl sites for hydroxylation is 1. The Morgan fingerprint density at radius 3 is 2.50 bits per heavy atom. The first-order valence-corrected chi connectivity index (χ1v) is 5.48. The molecule has 1 aromatic rings. The Bertz CT molecular complexity index is 305. The Morgan fingerprint density at radius 2 is 1.86 bits per heavy atom. The van der Waals surface area contributed by atoms with Crippen molar-refractivity contribution in [3.8, 4) is 0 Å². The fraction of sp³-hybridized carbons (Fsp3) is 0.462. The molecule has 0 saturated heterocycles. The fourth-order valence-corrected chi connectivity index (χ4v) is 2.02. The quantitative estimate of drug-likeness (QED) is 0.628. The lowest BCUT2D eigenvalue weighted by molar-refractivity contribution is -0.671. The standard InChI is InChI=1S/C13H18N/c1-14-10-8-13(9-11-14)7-6-12-4-2-3-5-12/h6-12H,2-5H2,1H3/q+1/b7-6+. The van der Waals surface area contributed by atoms with Gasteiger partial charge in [0.05, 0.1) is 0 Å². The Kier molecular flexibility index (Phi) is 2.97. The summed E-state index contributed by atoms with van der Waals surface area (Å²) in [5.74, 6) is 0.837. The lowest BCUT2D eigenvalue weighted by Gasteiger charge is -1.99. The molecular formula is C13H18N+. The van der Waals surface area contributed by atoms with Crippen molar-refractivity contribution >= 4 is 6.08 Å². The van der Waals surface area contributed by atoms with E-state index in [1.165, 1.54) is 31.2 Å². The van der Waals surface area contributed by atoms with Crippen molar-refractivity contribution in [1.82, 2.24) is 0 Å². The van der Waals surface area contributed by atoms with Crippen molar-refractivity contribution in [2.75, 3.05) is 0 Å². The number of aromatic nitrogens is 1. The highest BCUT2D eigenvalue weighted by Crippen LogP contribution is 2.26. The van der Waals surface area contributed by atoms with Crippen LogP contribution in [0.3, 0.4) is 0 Å². The smallest absolute Gasteiger partial charge is 0.169 e. The summed E-state index contributed by atoms with van der Waals surface area (Å²) in [6.07, 6.45) is 14.4. The van der Waals surface area contributed by atoms with Crippen LogP contribution >= 0.6 is 0 Å². The van der Waals surface area contributed by atoms with Crippen molar-refractivity contribution in [2.24, 2.45) is 13.0 Å². The third-order valence-electron chi connectivity index (χ3n) is 2.96. The van der Waals surface area contributed by atoms with Crippen molar-refractivity contribution in [1.29, 1.82) is 0 Å². The van der Waals surface area contributed by atoms with Gasteiger partial charge in [-0.2, -0.15) is 0 Å². The van der Waals surface area contributed by atoms with Crippen molar-refractivity contribution in [2.45, 2.75) is 25.7 Å². The summed E-state index contributed by atoms with van der Waals surface area (Å²) >= 11 is 0. The molecule has 2 rings (SSSR count). The van der Waals surface area contributed by atoms with Gasteiger partial charge in [0.2, 0.25) is 0 Å². The van der Waals surface area contributed by atoms with Gasteiger partial charge in [-0.05, 0) is 24.3 Å². The molecule has 0 radical (unpaired) electrons. The van der Waals surface area contributed by atoms with Gasteiger partial charge < -0.3 is 0 Å². The fourth-order valence-electron chi connectivity index (χ4n) is 2.02. The summed E-state index contributed by atoms with van der Waals surface area (Å²) in [5.41, 5.74) is 1.31. The molecule has 0 atom stereocenters. The summed E-state index contributed by atoms with van der Waals surface area (Å²) in [4.78, 5) is 0. The first kappa shape index (κ1) is 9.45. The normalized spacial score (nSPS) is 18.1. The first-order chi connectivity index (χ1) is 6.84. The van der Waals surface area contributed by atoms with E-state index in [4.69, 9.17) is 0 Å². The Morgan fingerprint density at radius 1 is 1.21 bits per heavy atom. The van der Waals surface area contributed by atoms with E-state index in [2.05, 4.69) is 41.2 Å². The SMILES string of the molecule is C[n+]1ccc(/C=C/C2CCCC2)cc1. The maximum Gasteiger partial charge on any atom is 0.169 e. The molecular weight excluding hydrogens is 170 g/mol. The number of nitrogens with zero attached hydrogens (tertiary/aromatic N) is 1. The van der Waals surface area contributed by atoms with Gasteiger partial charge in [-0.3, -0.25) is 0 Å². The Hall–Kier alpha value is -1.11. The van der Waals surface area contributed by atoms with Crippen LogP contribution in [0.5, 0.6) is 0 Å². The van der Waals surface area contributed by atoms with Gasteiger partial charge in [0.25, 0.3) is 0 Å². The monoisotopic (exact) mass is 188 g/mol. The van der Waals surface area contributed by atoms with Crippen molar-refractivity contribution in [3.63, 3.8) is 0 Å². The maximum absolute atomic E-state index is 2.38. The highest BCUT2D eigenvalue weighted by atomic mass is 14.9. The number of allylic oxidation sites excluding steroid dienone is 1. The molecule has 1 heterocycles. The van der Waals surface area contributed by atoms with E-state index < -0.39 is 0 Å². The second kappa shape index (κ2) is 4.41. The summed E-state index contributed by atoms with van der Waals surface area (Å²) in [6, 6.07) is 4.32. The molecule has 0 spiro atoms. The molecule has 1 aliphatic carbocycles. The van der Waals surface area contributed by atoms with E-state index in [9.17, 15) is 0 Å². The van der Waals surface area contributed by atoms with Gasteiger partial charge in [0.15, 0.2) is 12.4 Å². The molecule has 0 N–H and O–H groups in total. The zero-order valence-electron chi connectivity index (χ0n) is 8.82. The summed E-state index contributed by atoms with van der Waals surface area (Å²) in [5, 5.41) is 0. The summed E-state index contributed by atoms with van der Waals surface area (Å²) in [6.45, 7) is 0. The van der Waals surface area contributed by atoms with E-state index >= 15 is 0 Å². The van der Waals surface area contributed by atoms with Crippen LogP contribution in [0.4, 0.5) is 0 Å². The van der Waals surface area contributed by atoms with Gasteiger partial charge in [-0.15, -0.1) is 0 Å². The molecule has 0 unspecified atom stereocenters. The van der Waals surface area contributed by atoms with Gasteiger partial charge in [-0.1, -0.05) is 25.0 Å². The Balaban J connectivity index is 1.99. The van der Waals surface area contributed by atoms with Gasteiger partial charge in [-0.25, -0.2) is 4.57 Å². The second-order valence-corrected chi connectivity index (χ2v) is 4.20. The third-order valence-corrected chi connectivity index (χ3v) is 2.96. The lowest BCUT2D eigenvalue weighted by Crippen LogP contribution is -2.25. The molecule has 1 fully saturated rings. The topological polar surface area (TPSA) is 3.88 Å². The van der Waals surface area contributed by atoms with Gasteiger partial charge >= 0.3 is 0 Å². The number of hydrogen-bond donors (Lipinski definition) is 0. The largest absolute Gasteiger partial charge is 0.208 e. The minimum Gasteiger partial charge on any atom is -0.208 e. The highest BCUT2D eigenvalue weighted by Gasteiger charge is 2.10. The minimum atomic E-state index is 0.837.